The third-order valence-corrected chi connectivity index (χ3v) is 3.49. The van der Waals surface area contributed by atoms with Crippen LogP contribution in [-0.2, 0) is 0 Å². The Labute approximate surface area is 116 Å². The van der Waals surface area contributed by atoms with Gasteiger partial charge in [0.1, 0.15) is 0 Å². The lowest BCUT2D eigenvalue weighted by atomic mass is 10.2. The Morgan fingerprint density at radius 1 is 1.45 bits per heavy atom. The molecule has 0 saturated carbocycles. The van der Waals surface area contributed by atoms with Gasteiger partial charge in [0.25, 0.3) is 5.82 Å². The molecule has 2 N–H and O–H groups in total. The average Bonchev–Trinajstić information content (AvgIpc) is 3.14. The SMILES string of the molecule is Cc1ccc(C)n1NC(=O)c1noc(C2CCCN2)n1. The Morgan fingerprint density at radius 2 is 2.20 bits per heavy atom. The van der Waals surface area contributed by atoms with E-state index in [2.05, 4.69) is 20.9 Å². The van der Waals surface area contributed by atoms with Gasteiger partial charge in [0.05, 0.1) is 6.04 Å². The fraction of sp³-hybridized carbons (Fsp3) is 0.462. The molecule has 20 heavy (non-hydrogen) atoms. The lowest BCUT2D eigenvalue weighted by Crippen LogP contribution is -2.25. The molecule has 1 unspecified atom stereocenters. The molecule has 2 aromatic rings. The summed E-state index contributed by atoms with van der Waals surface area (Å²) in [5.74, 6) is 0.162. The Balaban J connectivity index is 1.74. The van der Waals surface area contributed by atoms with Gasteiger partial charge in [-0.15, -0.1) is 0 Å². The van der Waals surface area contributed by atoms with Crippen molar-refractivity contribution in [1.29, 1.82) is 0 Å². The number of carbonyl (C=O) groups excluding carboxylic acids is 1. The minimum Gasteiger partial charge on any atom is -0.337 e. The van der Waals surface area contributed by atoms with Crippen molar-refractivity contribution in [2.24, 2.45) is 0 Å². The molecule has 3 heterocycles. The summed E-state index contributed by atoms with van der Waals surface area (Å²) in [5, 5.41) is 7.00. The second kappa shape index (κ2) is 5.09. The van der Waals surface area contributed by atoms with Crippen LogP contribution in [0.25, 0.3) is 0 Å². The predicted molar refractivity (Wildman–Crippen MR) is 71.9 cm³/mol. The van der Waals surface area contributed by atoms with Crippen molar-refractivity contribution in [3.8, 4) is 0 Å². The molecule has 1 aliphatic heterocycles. The summed E-state index contributed by atoms with van der Waals surface area (Å²) in [4.78, 5) is 16.3. The first-order valence-corrected chi connectivity index (χ1v) is 6.68. The molecular weight excluding hydrogens is 258 g/mol. The van der Waals surface area contributed by atoms with E-state index in [0.717, 1.165) is 30.8 Å². The smallest absolute Gasteiger partial charge is 0.311 e. The summed E-state index contributed by atoms with van der Waals surface area (Å²) >= 11 is 0. The first-order chi connectivity index (χ1) is 9.65. The lowest BCUT2D eigenvalue weighted by Gasteiger charge is -2.08. The second-order valence-corrected chi connectivity index (χ2v) is 5.00. The highest BCUT2D eigenvalue weighted by Crippen LogP contribution is 2.21. The lowest BCUT2D eigenvalue weighted by molar-refractivity contribution is 0.0994. The minimum atomic E-state index is -0.375. The van der Waals surface area contributed by atoms with Crippen molar-refractivity contribution in [3.63, 3.8) is 0 Å². The van der Waals surface area contributed by atoms with E-state index in [4.69, 9.17) is 4.52 Å². The zero-order chi connectivity index (χ0) is 14.1. The van der Waals surface area contributed by atoms with Gasteiger partial charge in [-0.1, -0.05) is 5.16 Å². The van der Waals surface area contributed by atoms with Crippen molar-refractivity contribution >= 4 is 5.91 Å². The predicted octanol–water partition coefficient (Wildman–Crippen LogP) is 1.30. The van der Waals surface area contributed by atoms with Crippen molar-refractivity contribution in [2.45, 2.75) is 32.7 Å². The second-order valence-electron chi connectivity index (χ2n) is 5.00. The number of nitrogens with zero attached hydrogens (tertiary/aromatic N) is 3. The van der Waals surface area contributed by atoms with Crippen LogP contribution in [0.3, 0.4) is 0 Å². The molecule has 1 aliphatic rings. The number of nitrogens with one attached hydrogen (secondary N) is 2. The summed E-state index contributed by atoms with van der Waals surface area (Å²) < 4.78 is 6.86. The number of aromatic nitrogens is 3. The standard InChI is InChI=1S/C13H17N5O2/c1-8-5-6-9(2)18(8)16-12(19)11-15-13(20-17-11)10-4-3-7-14-10/h5-6,10,14H,3-4,7H2,1-2H3,(H,16,19). The van der Waals surface area contributed by atoms with Crippen LogP contribution in [0.5, 0.6) is 0 Å². The fourth-order valence-electron chi connectivity index (χ4n) is 2.36. The summed E-state index contributed by atoms with van der Waals surface area (Å²) in [7, 11) is 0. The Morgan fingerprint density at radius 3 is 2.85 bits per heavy atom. The van der Waals surface area contributed by atoms with Gasteiger partial charge in [-0.05, 0) is 45.4 Å². The van der Waals surface area contributed by atoms with Crippen LogP contribution in [0.1, 0.15) is 46.8 Å². The Kier molecular flexibility index (Phi) is 3.27. The number of hydrogen-bond donors (Lipinski definition) is 2. The van der Waals surface area contributed by atoms with Crippen LogP contribution in [0, 0.1) is 13.8 Å². The first-order valence-electron chi connectivity index (χ1n) is 6.68. The van der Waals surface area contributed by atoms with Crippen LogP contribution < -0.4 is 10.7 Å². The average molecular weight is 275 g/mol. The third-order valence-electron chi connectivity index (χ3n) is 3.49. The topological polar surface area (TPSA) is 85.0 Å². The van der Waals surface area contributed by atoms with Crippen LogP contribution in [0.4, 0.5) is 0 Å². The molecular formula is C13H17N5O2. The molecule has 1 fully saturated rings. The highest BCUT2D eigenvalue weighted by atomic mass is 16.5. The third kappa shape index (κ3) is 2.32. The zero-order valence-corrected chi connectivity index (χ0v) is 11.5. The maximum atomic E-state index is 12.1. The van der Waals surface area contributed by atoms with Crippen LogP contribution in [0.2, 0.25) is 0 Å². The van der Waals surface area contributed by atoms with Gasteiger partial charge in [0, 0.05) is 11.4 Å². The number of carbonyl (C=O) groups is 1. The molecule has 0 aliphatic carbocycles. The number of aryl methyl sites for hydroxylation is 2. The van der Waals surface area contributed by atoms with E-state index >= 15 is 0 Å². The van der Waals surface area contributed by atoms with Gasteiger partial charge < -0.3 is 9.84 Å². The normalized spacial score (nSPS) is 18.4. The van der Waals surface area contributed by atoms with Crippen molar-refractivity contribution < 1.29 is 9.32 Å². The molecule has 0 radical (unpaired) electrons. The monoisotopic (exact) mass is 275 g/mol. The van der Waals surface area contributed by atoms with Crippen LogP contribution >= 0.6 is 0 Å². The Hall–Kier alpha value is -2.15. The van der Waals surface area contributed by atoms with E-state index in [-0.39, 0.29) is 17.8 Å². The minimum absolute atomic E-state index is 0.0567. The molecule has 1 atom stereocenters. The van der Waals surface area contributed by atoms with Gasteiger partial charge in [-0.3, -0.25) is 14.9 Å². The highest BCUT2D eigenvalue weighted by Gasteiger charge is 2.24. The van der Waals surface area contributed by atoms with E-state index in [1.54, 1.807) is 4.68 Å². The van der Waals surface area contributed by atoms with E-state index in [1.165, 1.54) is 0 Å². The van der Waals surface area contributed by atoms with Crippen molar-refractivity contribution in [1.82, 2.24) is 20.1 Å². The molecule has 7 nitrogen and oxygen atoms in total. The van der Waals surface area contributed by atoms with Gasteiger partial charge in [0.2, 0.25) is 5.89 Å². The number of amides is 1. The number of rotatable bonds is 3. The molecule has 1 saturated heterocycles. The van der Waals surface area contributed by atoms with Crippen molar-refractivity contribution in [3.05, 3.63) is 35.2 Å². The molecule has 106 valence electrons. The maximum absolute atomic E-state index is 12.1. The van der Waals surface area contributed by atoms with E-state index in [9.17, 15) is 4.79 Å². The van der Waals surface area contributed by atoms with Gasteiger partial charge in [-0.25, -0.2) is 0 Å². The van der Waals surface area contributed by atoms with Gasteiger partial charge in [0.15, 0.2) is 0 Å². The fourth-order valence-corrected chi connectivity index (χ4v) is 2.36. The van der Waals surface area contributed by atoms with Gasteiger partial charge in [-0.2, -0.15) is 4.98 Å². The molecule has 3 rings (SSSR count). The van der Waals surface area contributed by atoms with E-state index in [1.807, 2.05) is 26.0 Å². The highest BCUT2D eigenvalue weighted by molar-refractivity contribution is 5.96. The summed E-state index contributed by atoms with van der Waals surface area (Å²) in [6.07, 6.45) is 2.04. The first kappa shape index (κ1) is 12.9. The van der Waals surface area contributed by atoms with E-state index < -0.39 is 0 Å². The summed E-state index contributed by atoms with van der Waals surface area (Å²) in [6.45, 7) is 4.77. The zero-order valence-electron chi connectivity index (χ0n) is 11.5. The Bertz CT molecular complexity index is 605. The molecule has 0 bridgehead atoms. The molecule has 1 amide bonds. The maximum Gasteiger partial charge on any atom is 0.311 e. The van der Waals surface area contributed by atoms with E-state index in [0.29, 0.717) is 5.89 Å². The molecule has 7 heteroatoms. The molecule has 0 aromatic carbocycles. The van der Waals surface area contributed by atoms with Crippen LogP contribution in [-0.4, -0.2) is 27.3 Å². The van der Waals surface area contributed by atoms with Gasteiger partial charge >= 0.3 is 5.91 Å². The largest absolute Gasteiger partial charge is 0.337 e. The summed E-state index contributed by atoms with van der Waals surface area (Å²) in [5.41, 5.74) is 4.63. The molecule has 2 aromatic heterocycles. The quantitative estimate of drug-likeness (QED) is 0.881. The number of hydrogen-bond acceptors (Lipinski definition) is 5. The van der Waals surface area contributed by atoms with Crippen molar-refractivity contribution in [2.75, 3.05) is 12.0 Å². The molecule has 0 spiro atoms. The van der Waals surface area contributed by atoms with Crippen LogP contribution in [0.15, 0.2) is 16.7 Å². The summed E-state index contributed by atoms with van der Waals surface area (Å²) in [6, 6.07) is 3.93.